The lowest BCUT2D eigenvalue weighted by molar-refractivity contribution is -0.123. The van der Waals surface area contributed by atoms with Gasteiger partial charge in [0, 0.05) is 31.2 Å². The van der Waals surface area contributed by atoms with Crippen LogP contribution >= 0.6 is 34.2 Å². The molecule has 1 N–H and O–H groups in total. The first kappa shape index (κ1) is 21.4. The number of halogens is 2. The number of hydrazone groups is 1. The summed E-state index contributed by atoms with van der Waals surface area (Å²) in [5.74, 6) is 0.239. The molecule has 150 valence electrons. The molecule has 1 aromatic heterocycles. The molecule has 0 radical (unpaired) electrons. The van der Waals surface area contributed by atoms with Crippen LogP contribution in [-0.2, 0) is 4.79 Å². The first-order chi connectivity index (χ1) is 13.8. The maximum absolute atomic E-state index is 11.9. The van der Waals surface area contributed by atoms with Crippen molar-refractivity contribution in [2.45, 2.75) is 20.8 Å². The van der Waals surface area contributed by atoms with E-state index in [1.165, 1.54) is 9.13 Å². The minimum absolute atomic E-state index is 0.125. The van der Waals surface area contributed by atoms with E-state index in [9.17, 15) is 4.79 Å². The maximum Gasteiger partial charge on any atom is 0.277 e. The van der Waals surface area contributed by atoms with Gasteiger partial charge in [0.05, 0.1) is 6.21 Å². The summed E-state index contributed by atoms with van der Waals surface area (Å²) in [7, 11) is 0. The Morgan fingerprint density at radius 2 is 1.90 bits per heavy atom. The van der Waals surface area contributed by atoms with Gasteiger partial charge in [-0.2, -0.15) is 5.10 Å². The Hall–Kier alpha value is -2.32. The van der Waals surface area contributed by atoms with Gasteiger partial charge in [-0.3, -0.25) is 4.79 Å². The summed E-state index contributed by atoms with van der Waals surface area (Å²) in [4.78, 5) is 11.9. The van der Waals surface area contributed by atoms with Crippen LogP contribution in [0, 0.1) is 24.3 Å². The van der Waals surface area contributed by atoms with Crippen LogP contribution in [0.3, 0.4) is 0 Å². The van der Waals surface area contributed by atoms with Crippen LogP contribution in [0.15, 0.2) is 53.6 Å². The molecule has 0 atom stereocenters. The van der Waals surface area contributed by atoms with Crippen molar-refractivity contribution in [3.63, 3.8) is 0 Å². The lowest BCUT2D eigenvalue weighted by Crippen LogP contribution is -2.24. The number of nitrogens with one attached hydrogen (secondary N) is 1. The molecule has 0 bridgehead atoms. The average Bonchev–Trinajstić information content (AvgIpc) is 2.97. The van der Waals surface area contributed by atoms with Gasteiger partial charge in [0.1, 0.15) is 5.75 Å². The van der Waals surface area contributed by atoms with E-state index in [2.05, 4.69) is 69.7 Å². The molecule has 2 aromatic carbocycles. The van der Waals surface area contributed by atoms with Crippen molar-refractivity contribution in [3.8, 4) is 11.4 Å². The maximum atomic E-state index is 11.9. The van der Waals surface area contributed by atoms with Gasteiger partial charge in [-0.25, -0.2) is 5.43 Å². The highest BCUT2D eigenvalue weighted by Gasteiger charge is 2.10. The molecule has 1 heterocycles. The van der Waals surface area contributed by atoms with Crippen molar-refractivity contribution >= 4 is 46.3 Å². The highest BCUT2D eigenvalue weighted by atomic mass is 127. The van der Waals surface area contributed by atoms with Crippen LogP contribution < -0.4 is 10.2 Å². The first-order valence-electron chi connectivity index (χ1n) is 9.01. The standard InChI is InChI=1S/C22H21ClIN3O2/c1-14-10-19(6-9-21(14)24)27-15(2)11-17(16(27)3)12-25-26-22(28)13-29-20-7-4-18(23)5-8-20/h4-12H,13H2,1-3H3,(H,26,28)/b25-12-. The van der Waals surface area contributed by atoms with Gasteiger partial charge in [0.25, 0.3) is 5.91 Å². The summed E-state index contributed by atoms with van der Waals surface area (Å²) in [5.41, 5.74) is 7.93. The molecular weight excluding hydrogens is 501 g/mol. The van der Waals surface area contributed by atoms with Gasteiger partial charge < -0.3 is 9.30 Å². The number of hydrogen-bond acceptors (Lipinski definition) is 3. The summed E-state index contributed by atoms with van der Waals surface area (Å²) >= 11 is 8.16. The molecule has 0 aliphatic carbocycles. The molecule has 5 nitrogen and oxygen atoms in total. The third kappa shape index (κ3) is 5.39. The Morgan fingerprint density at radius 1 is 1.17 bits per heavy atom. The van der Waals surface area contributed by atoms with Crippen molar-refractivity contribution in [2.75, 3.05) is 6.61 Å². The molecule has 1 amide bonds. The van der Waals surface area contributed by atoms with Crippen molar-refractivity contribution in [1.29, 1.82) is 0 Å². The molecule has 0 unspecified atom stereocenters. The van der Waals surface area contributed by atoms with E-state index in [1.807, 2.05) is 13.0 Å². The zero-order valence-corrected chi connectivity index (χ0v) is 19.3. The van der Waals surface area contributed by atoms with Crippen LogP contribution in [-0.4, -0.2) is 23.3 Å². The van der Waals surface area contributed by atoms with Gasteiger partial charge in [-0.15, -0.1) is 0 Å². The topological polar surface area (TPSA) is 55.6 Å². The van der Waals surface area contributed by atoms with Gasteiger partial charge in [0.15, 0.2) is 6.61 Å². The second-order valence-corrected chi connectivity index (χ2v) is 8.23. The average molecular weight is 522 g/mol. The summed E-state index contributed by atoms with van der Waals surface area (Å²) in [6.07, 6.45) is 1.65. The van der Waals surface area contributed by atoms with Crippen molar-refractivity contribution < 1.29 is 9.53 Å². The van der Waals surface area contributed by atoms with Crippen LogP contribution in [0.2, 0.25) is 5.02 Å². The molecule has 0 aliphatic rings. The Labute approximate surface area is 188 Å². The third-order valence-corrected chi connectivity index (χ3v) is 5.91. The minimum Gasteiger partial charge on any atom is -0.484 e. The molecular formula is C22H21ClIN3O2. The summed E-state index contributed by atoms with van der Waals surface area (Å²) in [6, 6.07) is 15.3. The van der Waals surface area contributed by atoms with Crippen molar-refractivity contribution in [1.82, 2.24) is 9.99 Å². The number of hydrogen-bond donors (Lipinski definition) is 1. The normalized spacial score (nSPS) is 11.1. The number of aromatic nitrogens is 1. The quantitative estimate of drug-likeness (QED) is 0.276. The number of rotatable bonds is 6. The third-order valence-electron chi connectivity index (χ3n) is 4.45. The summed E-state index contributed by atoms with van der Waals surface area (Å²) in [6.45, 7) is 6.06. The summed E-state index contributed by atoms with van der Waals surface area (Å²) < 4.78 is 8.81. The van der Waals surface area contributed by atoms with Crippen molar-refractivity contribution in [2.24, 2.45) is 5.10 Å². The Balaban J connectivity index is 1.64. The largest absolute Gasteiger partial charge is 0.484 e. The molecule has 29 heavy (non-hydrogen) atoms. The molecule has 3 aromatic rings. The summed E-state index contributed by atoms with van der Waals surface area (Å²) in [5, 5.41) is 4.68. The first-order valence-corrected chi connectivity index (χ1v) is 10.5. The number of ether oxygens (including phenoxy) is 1. The SMILES string of the molecule is Cc1cc(-n2c(C)cc(/C=N\NC(=O)COc3ccc(Cl)cc3)c2C)ccc1I. The van der Waals surface area contributed by atoms with E-state index in [1.54, 1.807) is 30.5 Å². The fourth-order valence-corrected chi connectivity index (χ4v) is 3.43. The molecule has 7 heteroatoms. The number of nitrogens with zero attached hydrogens (tertiary/aromatic N) is 2. The molecule has 0 saturated heterocycles. The van der Waals surface area contributed by atoms with E-state index in [4.69, 9.17) is 16.3 Å². The van der Waals surface area contributed by atoms with Crippen LogP contribution in [0.25, 0.3) is 5.69 Å². The molecule has 0 fully saturated rings. The Bertz CT molecular complexity index is 1060. The van der Waals surface area contributed by atoms with E-state index in [0.717, 1.165) is 22.6 Å². The number of carbonyl (C=O) groups excluding carboxylic acids is 1. The Kier molecular flexibility index (Phi) is 6.97. The second kappa shape index (κ2) is 9.45. The molecule has 3 rings (SSSR count). The van der Waals surface area contributed by atoms with Crippen LogP contribution in [0.1, 0.15) is 22.5 Å². The van der Waals surface area contributed by atoms with Crippen LogP contribution in [0.4, 0.5) is 0 Å². The van der Waals surface area contributed by atoms with Crippen LogP contribution in [0.5, 0.6) is 5.75 Å². The molecule has 0 aliphatic heterocycles. The number of aryl methyl sites for hydroxylation is 2. The van der Waals surface area contributed by atoms with Gasteiger partial charge in [-0.1, -0.05) is 11.6 Å². The fraction of sp³-hybridized carbons (Fsp3) is 0.182. The lowest BCUT2D eigenvalue weighted by Gasteiger charge is -2.11. The van der Waals surface area contributed by atoms with Gasteiger partial charge >= 0.3 is 0 Å². The predicted octanol–water partition coefficient (Wildman–Crippen LogP) is 5.19. The van der Waals surface area contributed by atoms with Gasteiger partial charge in [0.2, 0.25) is 0 Å². The zero-order valence-electron chi connectivity index (χ0n) is 16.4. The lowest BCUT2D eigenvalue weighted by atomic mass is 10.2. The van der Waals surface area contributed by atoms with E-state index in [-0.39, 0.29) is 12.5 Å². The van der Waals surface area contributed by atoms with E-state index >= 15 is 0 Å². The smallest absolute Gasteiger partial charge is 0.277 e. The molecule has 0 spiro atoms. The minimum atomic E-state index is -0.335. The van der Waals surface area contributed by atoms with Crippen molar-refractivity contribution in [3.05, 3.63) is 79.6 Å². The highest BCUT2D eigenvalue weighted by Crippen LogP contribution is 2.22. The monoisotopic (exact) mass is 521 g/mol. The fourth-order valence-electron chi connectivity index (χ4n) is 2.97. The Morgan fingerprint density at radius 3 is 2.59 bits per heavy atom. The number of amides is 1. The second-order valence-electron chi connectivity index (χ2n) is 6.63. The molecule has 0 saturated carbocycles. The zero-order chi connectivity index (χ0) is 21.0. The predicted molar refractivity (Wildman–Crippen MR) is 125 cm³/mol. The van der Waals surface area contributed by atoms with E-state index < -0.39 is 0 Å². The van der Waals surface area contributed by atoms with E-state index in [0.29, 0.717) is 10.8 Å². The number of benzene rings is 2. The van der Waals surface area contributed by atoms with Gasteiger partial charge in [-0.05, 0) is 97.5 Å². The highest BCUT2D eigenvalue weighted by molar-refractivity contribution is 14.1. The number of carbonyl (C=O) groups is 1.